The van der Waals surface area contributed by atoms with Crippen molar-refractivity contribution >= 4 is 11.7 Å². The third-order valence-corrected chi connectivity index (χ3v) is 3.14. The van der Waals surface area contributed by atoms with E-state index in [4.69, 9.17) is 4.74 Å². The van der Waals surface area contributed by atoms with Gasteiger partial charge in [0.1, 0.15) is 12.4 Å². The Labute approximate surface area is 125 Å². The summed E-state index contributed by atoms with van der Waals surface area (Å²) in [7, 11) is 3.42. The first-order chi connectivity index (χ1) is 10.1. The number of hydrogen-bond donors (Lipinski definition) is 1. The van der Waals surface area contributed by atoms with Gasteiger partial charge in [-0.2, -0.15) is 0 Å². The van der Waals surface area contributed by atoms with E-state index in [1.807, 2.05) is 55.5 Å². The molecule has 4 nitrogen and oxygen atoms in total. The summed E-state index contributed by atoms with van der Waals surface area (Å²) in [6, 6.07) is 15.4. The minimum atomic E-state index is -0.154. The van der Waals surface area contributed by atoms with Crippen LogP contribution >= 0.6 is 0 Å². The largest absolute Gasteiger partial charge is 0.489 e. The molecule has 0 fully saturated rings. The van der Waals surface area contributed by atoms with E-state index in [2.05, 4.69) is 5.32 Å². The normalized spacial score (nSPS) is 10.0. The van der Waals surface area contributed by atoms with Gasteiger partial charge in [0.2, 0.25) is 0 Å². The van der Waals surface area contributed by atoms with Gasteiger partial charge in [0, 0.05) is 25.3 Å². The van der Waals surface area contributed by atoms with Crippen LogP contribution in [0.4, 0.5) is 10.5 Å². The predicted octanol–water partition coefficient (Wildman–Crippen LogP) is 3.67. The number of urea groups is 1. The van der Waals surface area contributed by atoms with Crippen molar-refractivity contribution in [1.29, 1.82) is 0 Å². The SMILES string of the molecule is Cc1ccccc1OCc1ccccc1NC(=O)N(C)C. The number of benzene rings is 2. The van der Waals surface area contributed by atoms with E-state index >= 15 is 0 Å². The lowest BCUT2D eigenvalue weighted by molar-refractivity contribution is 0.230. The number of hydrogen-bond acceptors (Lipinski definition) is 2. The van der Waals surface area contributed by atoms with Crippen LogP contribution in [-0.4, -0.2) is 25.0 Å². The molecular formula is C17H20N2O2. The van der Waals surface area contributed by atoms with Crippen LogP contribution in [0.3, 0.4) is 0 Å². The fourth-order valence-electron chi connectivity index (χ4n) is 1.87. The van der Waals surface area contributed by atoms with Gasteiger partial charge in [0.05, 0.1) is 0 Å². The number of anilines is 1. The maximum atomic E-state index is 11.8. The molecule has 0 aliphatic rings. The second-order valence-corrected chi connectivity index (χ2v) is 5.04. The van der Waals surface area contributed by atoms with Gasteiger partial charge in [-0.05, 0) is 24.6 Å². The van der Waals surface area contributed by atoms with Crippen molar-refractivity contribution in [3.05, 3.63) is 59.7 Å². The van der Waals surface area contributed by atoms with Gasteiger partial charge in [0.25, 0.3) is 0 Å². The number of rotatable bonds is 4. The van der Waals surface area contributed by atoms with Crippen molar-refractivity contribution in [2.24, 2.45) is 0 Å². The first-order valence-corrected chi connectivity index (χ1v) is 6.82. The molecule has 2 aromatic carbocycles. The first-order valence-electron chi connectivity index (χ1n) is 6.82. The Kier molecular flexibility index (Phi) is 4.82. The average Bonchev–Trinajstić information content (AvgIpc) is 2.47. The standard InChI is InChI=1S/C17H20N2O2/c1-13-8-4-7-11-16(13)21-12-14-9-5-6-10-15(14)18-17(20)19(2)3/h4-11H,12H2,1-3H3,(H,18,20). The summed E-state index contributed by atoms with van der Waals surface area (Å²) in [5, 5.41) is 2.87. The highest BCUT2D eigenvalue weighted by Crippen LogP contribution is 2.21. The minimum absolute atomic E-state index is 0.154. The Hall–Kier alpha value is -2.49. The molecule has 21 heavy (non-hydrogen) atoms. The number of nitrogens with one attached hydrogen (secondary N) is 1. The zero-order chi connectivity index (χ0) is 15.2. The third-order valence-electron chi connectivity index (χ3n) is 3.14. The van der Waals surface area contributed by atoms with Crippen molar-refractivity contribution in [1.82, 2.24) is 4.90 Å². The first kappa shape index (κ1) is 14.9. The van der Waals surface area contributed by atoms with Gasteiger partial charge < -0.3 is 15.0 Å². The average molecular weight is 284 g/mol. The van der Waals surface area contributed by atoms with E-state index < -0.39 is 0 Å². The number of nitrogens with zero attached hydrogens (tertiary/aromatic N) is 1. The van der Waals surface area contributed by atoms with E-state index in [1.54, 1.807) is 14.1 Å². The van der Waals surface area contributed by atoms with Crippen LogP contribution in [0, 0.1) is 6.92 Å². The van der Waals surface area contributed by atoms with Gasteiger partial charge in [-0.1, -0.05) is 36.4 Å². The van der Waals surface area contributed by atoms with E-state index in [9.17, 15) is 4.79 Å². The van der Waals surface area contributed by atoms with Crippen molar-refractivity contribution in [3.63, 3.8) is 0 Å². The highest BCUT2D eigenvalue weighted by Gasteiger charge is 2.08. The Bertz CT molecular complexity index is 624. The lowest BCUT2D eigenvalue weighted by Gasteiger charge is -2.16. The lowest BCUT2D eigenvalue weighted by atomic mass is 10.2. The summed E-state index contributed by atoms with van der Waals surface area (Å²) in [6.45, 7) is 2.42. The van der Waals surface area contributed by atoms with Crippen molar-refractivity contribution in [2.45, 2.75) is 13.5 Å². The number of para-hydroxylation sites is 2. The molecule has 2 rings (SSSR count). The smallest absolute Gasteiger partial charge is 0.321 e. The molecule has 0 saturated heterocycles. The molecule has 0 aliphatic carbocycles. The predicted molar refractivity (Wildman–Crippen MR) is 84.7 cm³/mol. The molecule has 0 heterocycles. The Morgan fingerprint density at radius 2 is 1.76 bits per heavy atom. The highest BCUT2D eigenvalue weighted by atomic mass is 16.5. The van der Waals surface area contributed by atoms with E-state index in [-0.39, 0.29) is 6.03 Å². The molecule has 0 saturated carbocycles. The molecule has 2 aromatic rings. The molecule has 0 atom stereocenters. The van der Waals surface area contributed by atoms with Gasteiger partial charge in [-0.25, -0.2) is 4.79 Å². The second-order valence-electron chi connectivity index (χ2n) is 5.04. The second kappa shape index (κ2) is 6.79. The quantitative estimate of drug-likeness (QED) is 0.930. The van der Waals surface area contributed by atoms with Crippen LogP contribution in [0.2, 0.25) is 0 Å². The van der Waals surface area contributed by atoms with E-state index in [1.165, 1.54) is 4.90 Å². The topological polar surface area (TPSA) is 41.6 Å². The maximum Gasteiger partial charge on any atom is 0.321 e. The molecule has 0 aromatic heterocycles. The van der Waals surface area contributed by atoms with Crippen LogP contribution in [-0.2, 0) is 6.61 Å². The van der Waals surface area contributed by atoms with Crippen LogP contribution in [0.1, 0.15) is 11.1 Å². The summed E-state index contributed by atoms with van der Waals surface area (Å²) in [6.07, 6.45) is 0. The van der Waals surface area contributed by atoms with Crippen molar-refractivity contribution in [3.8, 4) is 5.75 Å². The third kappa shape index (κ3) is 3.99. The van der Waals surface area contributed by atoms with Crippen LogP contribution in [0.25, 0.3) is 0 Å². The highest BCUT2D eigenvalue weighted by molar-refractivity contribution is 5.89. The lowest BCUT2D eigenvalue weighted by Crippen LogP contribution is -2.27. The fourth-order valence-corrected chi connectivity index (χ4v) is 1.87. The number of amides is 2. The molecule has 2 amide bonds. The Balaban J connectivity index is 2.10. The summed E-state index contributed by atoms with van der Waals surface area (Å²) in [5.74, 6) is 0.853. The molecule has 0 bridgehead atoms. The van der Waals surface area contributed by atoms with E-state index in [0.717, 1.165) is 22.6 Å². The maximum absolute atomic E-state index is 11.8. The van der Waals surface area contributed by atoms with Gasteiger partial charge in [0.15, 0.2) is 0 Å². The molecular weight excluding hydrogens is 264 g/mol. The van der Waals surface area contributed by atoms with Gasteiger partial charge >= 0.3 is 6.03 Å². The monoisotopic (exact) mass is 284 g/mol. The van der Waals surface area contributed by atoms with Crippen molar-refractivity contribution in [2.75, 3.05) is 19.4 Å². The van der Waals surface area contributed by atoms with Crippen LogP contribution in [0.15, 0.2) is 48.5 Å². The van der Waals surface area contributed by atoms with Crippen molar-refractivity contribution < 1.29 is 9.53 Å². The van der Waals surface area contributed by atoms with Crippen LogP contribution < -0.4 is 10.1 Å². The Morgan fingerprint density at radius 3 is 2.48 bits per heavy atom. The minimum Gasteiger partial charge on any atom is -0.489 e. The van der Waals surface area contributed by atoms with E-state index in [0.29, 0.717) is 6.61 Å². The molecule has 0 aliphatic heterocycles. The number of ether oxygens (including phenoxy) is 1. The summed E-state index contributed by atoms with van der Waals surface area (Å²) >= 11 is 0. The molecule has 110 valence electrons. The zero-order valence-electron chi connectivity index (χ0n) is 12.6. The zero-order valence-corrected chi connectivity index (χ0v) is 12.6. The Morgan fingerprint density at radius 1 is 1.10 bits per heavy atom. The molecule has 0 spiro atoms. The molecule has 0 unspecified atom stereocenters. The van der Waals surface area contributed by atoms with Gasteiger partial charge in [-0.3, -0.25) is 0 Å². The number of carbonyl (C=O) groups excluding carboxylic acids is 1. The summed E-state index contributed by atoms with van der Waals surface area (Å²) in [5.41, 5.74) is 2.80. The van der Waals surface area contributed by atoms with Crippen LogP contribution in [0.5, 0.6) is 5.75 Å². The van der Waals surface area contributed by atoms with Gasteiger partial charge in [-0.15, -0.1) is 0 Å². The molecule has 4 heteroatoms. The summed E-state index contributed by atoms with van der Waals surface area (Å²) in [4.78, 5) is 13.3. The molecule has 0 radical (unpaired) electrons. The summed E-state index contributed by atoms with van der Waals surface area (Å²) < 4.78 is 5.84. The molecule has 1 N–H and O–H groups in total. The fraction of sp³-hybridized carbons (Fsp3) is 0.235. The number of carbonyl (C=O) groups is 1. The number of aryl methyl sites for hydroxylation is 1.